The van der Waals surface area contributed by atoms with Gasteiger partial charge in [0.15, 0.2) is 11.0 Å². The molecule has 2 heterocycles. The van der Waals surface area contributed by atoms with Gasteiger partial charge in [0.2, 0.25) is 5.91 Å². The van der Waals surface area contributed by atoms with Crippen molar-refractivity contribution < 1.29 is 9.72 Å². The van der Waals surface area contributed by atoms with Gasteiger partial charge in [-0.2, -0.15) is 0 Å². The number of nitro benzene ring substituents is 1. The largest absolute Gasteiger partial charge is 0.342 e. The number of benzene rings is 1. The molecule has 0 spiro atoms. The van der Waals surface area contributed by atoms with Crippen LogP contribution in [0, 0.1) is 10.1 Å². The predicted molar refractivity (Wildman–Crippen MR) is 103 cm³/mol. The van der Waals surface area contributed by atoms with Crippen LogP contribution in [0.25, 0.3) is 11.4 Å². The predicted octanol–water partition coefficient (Wildman–Crippen LogP) is 3.14. The summed E-state index contributed by atoms with van der Waals surface area (Å²) in [6.45, 7) is 5.91. The highest BCUT2D eigenvalue weighted by Crippen LogP contribution is 2.26. The van der Waals surface area contributed by atoms with Crippen LogP contribution in [0.3, 0.4) is 0 Å². The summed E-state index contributed by atoms with van der Waals surface area (Å²) in [6, 6.07) is 6.17. The zero-order valence-corrected chi connectivity index (χ0v) is 15.7. The highest BCUT2D eigenvalue weighted by molar-refractivity contribution is 7.99. The number of likely N-dealkylation sites (tertiary alicyclic amines) is 1. The minimum Gasteiger partial charge on any atom is -0.342 e. The van der Waals surface area contributed by atoms with Crippen LogP contribution in [-0.2, 0) is 11.3 Å². The summed E-state index contributed by atoms with van der Waals surface area (Å²) in [6.07, 6.45) is 5.04. The number of thioether (sulfide) groups is 1. The third-order valence-electron chi connectivity index (χ3n) is 4.40. The monoisotopic (exact) mass is 387 g/mol. The number of amides is 1. The number of nitrogens with zero attached hydrogens (tertiary/aromatic N) is 5. The Morgan fingerprint density at radius 3 is 2.56 bits per heavy atom. The smallest absolute Gasteiger partial charge is 0.269 e. The molecule has 1 aliphatic heterocycles. The molecule has 1 amide bonds. The minimum atomic E-state index is -0.439. The molecule has 0 atom stereocenters. The molecule has 27 heavy (non-hydrogen) atoms. The number of carbonyl (C=O) groups excluding carboxylic acids is 1. The molecule has 0 aliphatic carbocycles. The quantitative estimate of drug-likeness (QED) is 0.313. The molecular weight excluding hydrogens is 366 g/mol. The molecule has 0 unspecified atom stereocenters. The second-order valence-corrected chi connectivity index (χ2v) is 7.18. The Balaban J connectivity index is 1.75. The van der Waals surface area contributed by atoms with Gasteiger partial charge in [-0.1, -0.05) is 17.8 Å². The van der Waals surface area contributed by atoms with Crippen LogP contribution >= 0.6 is 11.8 Å². The van der Waals surface area contributed by atoms with E-state index in [1.165, 1.54) is 30.3 Å². The molecule has 1 aliphatic rings. The number of aromatic nitrogens is 3. The van der Waals surface area contributed by atoms with Gasteiger partial charge >= 0.3 is 0 Å². The van der Waals surface area contributed by atoms with Crippen molar-refractivity contribution in [3.05, 3.63) is 47.0 Å². The third kappa shape index (κ3) is 4.54. The third-order valence-corrected chi connectivity index (χ3v) is 5.35. The van der Waals surface area contributed by atoms with Crippen LogP contribution in [0.2, 0.25) is 0 Å². The molecule has 0 radical (unpaired) electrons. The summed E-state index contributed by atoms with van der Waals surface area (Å²) in [5.41, 5.74) is 0.749. The lowest BCUT2D eigenvalue weighted by Crippen LogP contribution is -2.36. The summed E-state index contributed by atoms with van der Waals surface area (Å²) in [5, 5.41) is 19.9. The average Bonchev–Trinajstić information content (AvgIpc) is 3.10. The van der Waals surface area contributed by atoms with E-state index < -0.39 is 4.92 Å². The van der Waals surface area contributed by atoms with E-state index >= 15 is 0 Å². The zero-order valence-electron chi connectivity index (χ0n) is 14.9. The number of hydrogen-bond donors (Lipinski definition) is 0. The Kier molecular flexibility index (Phi) is 6.23. The maximum atomic E-state index is 12.4. The van der Waals surface area contributed by atoms with Gasteiger partial charge in [0.25, 0.3) is 5.69 Å². The van der Waals surface area contributed by atoms with Gasteiger partial charge < -0.3 is 4.90 Å². The Morgan fingerprint density at radius 1 is 1.22 bits per heavy atom. The van der Waals surface area contributed by atoms with Gasteiger partial charge in [0, 0.05) is 37.3 Å². The number of carbonyl (C=O) groups is 1. The molecule has 9 heteroatoms. The van der Waals surface area contributed by atoms with Crippen molar-refractivity contribution in [3.8, 4) is 11.4 Å². The number of allylic oxidation sites excluding steroid dienone is 1. The van der Waals surface area contributed by atoms with Gasteiger partial charge in [-0.05, 0) is 31.4 Å². The molecule has 0 saturated carbocycles. The van der Waals surface area contributed by atoms with E-state index in [4.69, 9.17) is 0 Å². The average molecular weight is 387 g/mol. The van der Waals surface area contributed by atoms with Gasteiger partial charge in [0.1, 0.15) is 0 Å². The molecule has 1 saturated heterocycles. The molecule has 1 aromatic carbocycles. The van der Waals surface area contributed by atoms with Crippen molar-refractivity contribution in [1.29, 1.82) is 0 Å². The SMILES string of the molecule is C=CCn1c(SCC(=O)N2CCCCC2)nnc1-c1ccc([N+](=O)[O-])cc1. The van der Waals surface area contributed by atoms with Crippen molar-refractivity contribution >= 4 is 23.4 Å². The zero-order chi connectivity index (χ0) is 19.2. The molecule has 0 bridgehead atoms. The number of nitro groups is 1. The number of piperidine rings is 1. The van der Waals surface area contributed by atoms with Crippen LogP contribution in [0.1, 0.15) is 19.3 Å². The summed E-state index contributed by atoms with van der Waals surface area (Å²) in [4.78, 5) is 24.7. The fraction of sp³-hybridized carbons (Fsp3) is 0.389. The topological polar surface area (TPSA) is 94.2 Å². The Hall–Kier alpha value is -2.68. The van der Waals surface area contributed by atoms with Crippen LogP contribution in [0.4, 0.5) is 5.69 Å². The van der Waals surface area contributed by atoms with Crippen molar-refractivity contribution in [2.75, 3.05) is 18.8 Å². The Labute approximate surface area is 161 Å². The summed E-state index contributed by atoms with van der Waals surface area (Å²) < 4.78 is 1.86. The van der Waals surface area contributed by atoms with E-state index in [1.807, 2.05) is 9.47 Å². The van der Waals surface area contributed by atoms with E-state index in [1.54, 1.807) is 18.2 Å². The van der Waals surface area contributed by atoms with Crippen LogP contribution in [0.5, 0.6) is 0 Å². The highest BCUT2D eigenvalue weighted by atomic mass is 32.2. The van der Waals surface area contributed by atoms with Gasteiger partial charge in [-0.25, -0.2) is 0 Å². The van der Waals surface area contributed by atoms with Gasteiger partial charge in [-0.15, -0.1) is 16.8 Å². The normalized spacial score (nSPS) is 14.1. The first-order valence-electron chi connectivity index (χ1n) is 8.79. The lowest BCUT2D eigenvalue weighted by Gasteiger charge is -2.26. The maximum Gasteiger partial charge on any atom is 0.269 e. The molecule has 3 rings (SSSR count). The van der Waals surface area contributed by atoms with Crippen molar-refractivity contribution in [2.24, 2.45) is 0 Å². The molecule has 2 aromatic rings. The second kappa shape index (κ2) is 8.81. The lowest BCUT2D eigenvalue weighted by atomic mass is 10.1. The van der Waals surface area contributed by atoms with E-state index in [9.17, 15) is 14.9 Å². The number of rotatable bonds is 7. The first-order valence-corrected chi connectivity index (χ1v) is 9.78. The van der Waals surface area contributed by atoms with Gasteiger partial charge in [0.05, 0.1) is 10.7 Å². The number of hydrogen-bond acceptors (Lipinski definition) is 6. The molecule has 1 aromatic heterocycles. The molecule has 8 nitrogen and oxygen atoms in total. The fourth-order valence-corrected chi connectivity index (χ4v) is 3.85. The lowest BCUT2D eigenvalue weighted by molar-refractivity contribution is -0.384. The van der Waals surface area contributed by atoms with E-state index in [-0.39, 0.29) is 11.6 Å². The van der Waals surface area contributed by atoms with Crippen molar-refractivity contribution in [1.82, 2.24) is 19.7 Å². The van der Waals surface area contributed by atoms with E-state index in [0.29, 0.717) is 23.3 Å². The Morgan fingerprint density at radius 2 is 1.93 bits per heavy atom. The van der Waals surface area contributed by atoms with Crippen molar-refractivity contribution in [2.45, 2.75) is 31.0 Å². The van der Waals surface area contributed by atoms with E-state index in [0.717, 1.165) is 31.5 Å². The van der Waals surface area contributed by atoms with Gasteiger partial charge in [-0.3, -0.25) is 19.5 Å². The molecule has 142 valence electrons. The van der Waals surface area contributed by atoms with Crippen molar-refractivity contribution in [3.63, 3.8) is 0 Å². The van der Waals surface area contributed by atoms with Crippen LogP contribution in [-0.4, -0.2) is 49.3 Å². The highest BCUT2D eigenvalue weighted by Gasteiger charge is 2.19. The molecule has 0 N–H and O–H groups in total. The van der Waals surface area contributed by atoms with Crippen LogP contribution < -0.4 is 0 Å². The van der Waals surface area contributed by atoms with E-state index in [2.05, 4.69) is 16.8 Å². The summed E-state index contributed by atoms with van der Waals surface area (Å²) in [5.74, 6) is 1.03. The van der Waals surface area contributed by atoms with Crippen LogP contribution in [0.15, 0.2) is 42.1 Å². The minimum absolute atomic E-state index is 0.0234. The Bertz CT molecular complexity index is 828. The molecular formula is C18H21N5O3S. The maximum absolute atomic E-state index is 12.4. The first-order chi connectivity index (χ1) is 13.1. The second-order valence-electron chi connectivity index (χ2n) is 6.24. The fourth-order valence-electron chi connectivity index (χ4n) is 3.00. The first kappa shape index (κ1) is 19.1. The standard InChI is InChI=1S/C18H21N5O3S/c1-2-10-22-17(14-6-8-15(9-7-14)23(25)26)19-20-18(22)27-13-16(24)21-11-4-3-5-12-21/h2,6-9H,1,3-5,10-13H2. The molecule has 1 fully saturated rings. The number of non-ortho nitro benzene ring substituents is 1. The summed E-state index contributed by atoms with van der Waals surface area (Å²) in [7, 11) is 0. The summed E-state index contributed by atoms with van der Waals surface area (Å²) >= 11 is 1.35.